The fourth-order valence-corrected chi connectivity index (χ4v) is 2.47. The molecule has 2 aromatic rings. The van der Waals surface area contributed by atoms with E-state index in [-0.39, 0.29) is 24.6 Å². The highest BCUT2D eigenvalue weighted by Gasteiger charge is 2.11. The summed E-state index contributed by atoms with van der Waals surface area (Å²) >= 11 is 2.09. The zero-order chi connectivity index (χ0) is 15.9. The van der Waals surface area contributed by atoms with Crippen LogP contribution in [0.4, 0.5) is 4.39 Å². The quantitative estimate of drug-likeness (QED) is 0.586. The molecule has 0 saturated heterocycles. The first-order valence-corrected chi connectivity index (χ1v) is 7.73. The van der Waals surface area contributed by atoms with Crippen LogP contribution in [0, 0.1) is 9.39 Å². The normalized spacial score (nSPS) is 10.1. The lowest BCUT2D eigenvalue weighted by molar-refractivity contribution is 0.0925. The van der Waals surface area contributed by atoms with Gasteiger partial charge in [0.25, 0.3) is 11.8 Å². The van der Waals surface area contributed by atoms with Crippen LogP contribution in [-0.4, -0.2) is 24.9 Å². The van der Waals surface area contributed by atoms with Gasteiger partial charge in [0.15, 0.2) is 0 Å². The molecule has 2 N–H and O–H groups in total. The molecule has 0 aliphatic carbocycles. The molecular formula is C16H14FIN2O2. The second-order valence-electron chi connectivity index (χ2n) is 4.47. The highest BCUT2D eigenvalue weighted by atomic mass is 127. The van der Waals surface area contributed by atoms with Gasteiger partial charge in [-0.2, -0.15) is 0 Å². The molecule has 2 amide bonds. The maximum absolute atomic E-state index is 13.4. The zero-order valence-electron chi connectivity index (χ0n) is 11.6. The van der Waals surface area contributed by atoms with Crippen molar-refractivity contribution in [3.05, 3.63) is 69.0 Å². The van der Waals surface area contributed by atoms with E-state index in [1.165, 1.54) is 18.2 Å². The minimum Gasteiger partial charge on any atom is -0.350 e. The van der Waals surface area contributed by atoms with Crippen LogP contribution >= 0.6 is 22.6 Å². The van der Waals surface area contributed by atoms with E-state index < -0.39 is 11.7 Å². The van der Waals surface area contributed by atoms with Gasteiger partial charge in [-0.3, -0.25) is 9.59 Å². The summed E-state index contributed by atoms with van der Waals surface area (Å²) in [5, 5.41) is 5.27. The van der Waals surface area contributed by atoms with Crippen molar-refractivity contribution in [1.29, 1.82) is 0 Å². The van der Waals surface area contributed by atoms with Gasteiger partial charge >= 0.3 is 0 Å². The van der Waals surface area contributed by atoms with Crippen molar-refractivity contribution in [2.75, 3.05) is 13.1 Å². The van der Waals surface area contributed by atoms with E-state index in [1.54, 1.807) is 18.2 Å². The summed E-state index contributed by atoms with van der Waals surface area (Å²) in [7, 11) is 0. The van der Waals surface area contributed by atoms with Gasteiger partial charge in [0.1, 0.15) is 5.82 Å². The highest BCUT2D eigenvalue weighted by molar-refractivity contribution is 14.1. The van der Waals surface area contributed by atoms with Crippen molar-refractivity contribution < 1.29 is 14.0 Å². The SMILES string of the molecule is O=C(NCCNC(=O)c1ccccc1I)c1ccccc1F. The van der Waals surface area contributed by atoms with Crippen molar-refractivity contribution in [3.8, 4) is 0 Å². The molecule has 0 radical (unpaired) electrons. The van der Waals surface area contributed by atoms with Crippen molar-refractivity contribution >= 4 is 34.4 Å². The molecule has 22 heavy (non-hydrogen) atoms. The first-order chi connectivity index (χ1) is 10.6. The molecule has 0 aliphatic rings. The summed E-state index contributed by atoms with van der Waals surface area (Å²) in [6, 6.07) is 13.0. The van der Waals surface area contributed by atoms with Crippen LogP contribution in [0.15, 0.2) is 48.5 Å². The summed E-state index contributed by atoms with van der Waals surface area (Å²) in [5.41, 5.74) is 0.579. The van der Waals surface area contributed by atoms with E-state index in [0.29, 0.717) is 5.56 Å². The Hall–Kier alpha value is -1.96. The van der Waals surface area contributed by atoms with Crippen molar-refractivity contribution in [2.24, 2.45) is 0 Å². The lowest BCUT2D eigenvalue weighted by Crippen LogP contribution is -2.35. The fraction of sp³-hybridized carbons (Fsp3) is 0.125. The number of nitrogens with one attached hydrogen (secondary N) is 2. The highest BCUT2D eigenvalue weighted by Crippen LogP contribution is 2.10. The van der Waals surface area contributed by atoms with Crippen LogP contribution < -0.4 is 10.6 Å². The Morgan fingerprint density at radius 1 is 0.864 bits per heavy atom. The predicted octanol–water partition coefficient (Wildman–Crippen LogP) is 2.59. The molecule has 0 heterocycles. The summed E-state index contributed by atoms with van der Waals surface area (Å²) in [5.74, 6) is -1.27. The Morgan fingerprint density at radius 3 is 1.95 bits per heavy atom. The Morgan fingerprint density at radius 2 is 1.36 bits per heavy atom. The van der Waals surface area contributed by atoms with Crippen molar-refractivity contribution in [2.45, 2.75) is 0 Å². The third-order valence-electron chi connectivity index (χ3n) is 2.93. The van der Waals surface area contributed by atoms with E-state index in [1.807, 2.05) is 12.1 Å². The lowest BCUT2D eigenvalue weighted by Gasteiger charge is -2.08. The molecule has 0 aliphatic heterocycles. The summed E-state index contributed by atoms with van der Waals surface area (Å²) < 4.78 is 14.3. The van der Waals surface area contributed by atoms with Gasteiger partial charge in [-0.1, -0.05) is 24.3 Å². The number of hydrogen-bond donors (Lipinski definition) is 2. The first kappa shape index (κ1) is 16.4. The smallest absolute Gasteiger partial charge is 0.254 e. The van der Waals surface area contributed by atoms with E-state index >= 15 is 0 Å². The van der Waals surface area contributed by atoms with Crippen molar-refractivity contribution in [1.82, 2.24) is 10.6 Å². The minimum absolute atomic E-state index is 0.00793. The topological polar surface area (TPSA) is 58.2 Å². The third kappa shape index (κ3) is 4.27. The maximum atomic E-state index is 13.4. The number of halogens is 2. The third-order valence-corrected chi connectivity index (χ3v) is 3.87. The standard InChI is InChI=1S/C16H14FIN2O2/c17-13-7-3-1-5-11(13)15(21)19-9-10-20-16(22)12-6-2-4-8-14(12)18/h1-8H,9-10H2,(H,19,21)(H,20,22). The minimum atomic E-state index is -0.567. The van der Waals surface area contributed by atoms with E-state index in [2.05, 4.69) is 33.2 Å². The van der Waals surface area contributed by atoms with Crippen LogP contribution in [0.3, 0.4) is 0 Å². The summed E-state index contributed by atoms with van der Waals surface area (Å²) in [4.78, 5) is 23.7. The molecule has 114 valence electrons. The number of carbonyl (C=O) groups excluding carboxylic acids is 2. The second kappa shape index (κ2) is 7.88. The van der Waals surface area contributed by atoms with Gasteiger partial charge in [0.2, 0.25) is 0 Å². The maximum Gasteiger partial charge on any atom is 0.254 e. The number of hydrogen-bond acceptors (Lipinski definition) is 2. The van der Waals surface area contributed by atoms with Gasteiger partial charge < -0.3 is 10.6 Å². The fourth-order valence-electron chi connectivity index (χ4n) is 1.83. The number of rotatable bonds is 5. The van der Waals surface area contributed by atoms with Crippen LogP contribution in [0.25, 0.3) is 0 Å². The number of carbonyl (C=O) groups is 2. The molecular weight excluding hydrogens is 398 g/mol. The van der Waals surface area contributed by atoms with Crippen LogP contribution in [0.1, 0.15) is 20.7 Å². The largest absolute Gasteiger partial charge is 0.350 e. The molecule has 0 unspecified atom stereocenters. The first-order valence-electron chi connectivity index (χ1n) is 6.65. The lowest BCUT2D eigenvalue weighted by atomic mass is 10.2. The molecule has 0 atom stereocenters. The molecule has 4 nitrogen and oxygen atoms in total. The monoisotopic (exact) mass is 412 g/mol. The van der Waals surface area contributed by atoms with Gasteiger partial charge in [0.05, 0.1) is 11.1 Å². The Bertz CT molecular complexity index is 632. The van der Waals surface area contributed by atoms with Gasteiger partial charge in [0, 0.05) is 16.7 Å². The Balaban J connectivity index is 1.80. The molecule has 6 heteroatoms. The molecule has 0 fully saturated rings. The van der Waals surface area contributed by atoms with E-state index in [9.17, 15) is 14.0 Å². The summed E-state index contributed by atoms with van der Waals surface area (Å²) in [6.45, 7) is 0.492. The van der Waals surface area contributed by atoms with Crippen LogP contribution in [0.5, 0.6) is 0 Å². The zero-order valence-corrected chi connectivity index (χ0v) is 13.8. The average molecular weight is 412 g/mol. The molecule has 0 aromatic heterocycles. The molecule has 2 rings (SSSR count). The summed E-state index contributed by atoms with van der Waals surface area (Å²) in [6.07, 6.45) is 0. The second-order valence-corrected chi connectivity index (χ2v) is 5.63. The van der Waals surface area contributed by atoms with Crippen LogP contribution in [0.2, 0.25) is 0 Å². The molecule has 0 spiro atoms. The van der Waals surface area contributed by atoms with Crippen LogP contribution in [-0.2, 0) is 0 Å². The van der Waals surface area contributed by atoms with E-state index in [4.69, 9.17) is 0 Å². The van der Waals surface area contributed by atoms with Gasteiger partial charge in [-0.15, -0.1) is 0 Å². The number of benzene rings is 2. The molecule has 2 aromatic carbocycles. The molecule has 0 bridgehead atoms. The molecule has 0 saturated carbocycles. The predicted molar refractivity (Wildman–Crippen MR) is 90.2 cm³/mol. The Kier molecular flexibility index (Phi) is 5.88. The number of amides is 2. The average Bonchev–Trinajstić information content (AvgIpc) is 2.52. The van der Waals surface area contributed by atoms with Crippen molar-refractivity contribution in [3.63, 3.8) is 0 Å². The van der Waals surface area contributed by atoms with E-state index in [0.717, 1.165) is 3.57 Å². The Labute approximate surface area is 141 Å². The van der Waals surface area contributed by atoms with Gasteiger partial charge in [-0.05, 0) is 46.9 Å². The van der Waals surface area contributed by atoms with Gasteiger partial charge in [-0.25, -0.2) is 4.39 Å².